The number of nitrogens with two attached hydrogens (primary N) is 1. The molecule has 16 heavy (non-hydrogen) atoms. The van der Waals surface area contributed by atoms with Gasteiger partial charge in [0.2, 0.25) is 0 Å². The van der Waals surface area contributed by atoms with Gasteiger partial charge in [0, 0.05) is 0 Å². The minimum Gasteiger partial charge on any atom is -0.497 e. The Labute approximate surface area is 97.6 Å². The van der Waals surface area contributed by atoms with E-state index in [0.717, 1.165) is 17.0 Å². The van der Waals surface area contributed by atoms with Crippen LogP contribution in [0.5, 0.6) is 5.75 Å². The van der Waals surface area contributed by atoms with E-state index >= 15 is 0 Å². The summed E-state index contributed by atoms with van der Waals surface area (Å²) in [6.07, 6.45) is 1.71. The minimum atomic E-state index is -0.135. The molecule has 3 N–H and O–H groups in total. The zero-order valence-corrected chi connectivity index (χ0v) is 9.57. The second-order valence-electron chi connectivity index (χ2n) is 3.21. The average molecular weight is 236 g/mol. The fourth-order valence-electron chi connectivity index (χ4n) is 1.45. The van der Waals surface area contributed by atoms with Crippen molar-refractivity contribution >= 4 is 11.7 Å². The Bertz CT molecular complexity index is 429. The van der Waals surface area contributed by atoms with Gasteiger partial charge in [-0.05, 0) is 17.7 Å². The van der Waals surface area contributed by atoms with Gasteiger partial charge in [0.1, 0.15) is 5.75 Å². The lowest BCUT2D eigenvalue weighted by Gasteiger charge is -2.13. The Morgan fingerprint density at radius 1 is 1.38 bits per heavy atom. The molecule has 6 heteroatoms. The first-order chi connectivity index (χ1) is 7.85. The van der Waals surface area contributed by atoms with Crippen LogP contribution in [0.2, 0.25) is 0 Å². The molecule has 0 radical (unpaired) electrons. The highest BCUT2D eigenvalue weighted by atomic mass is 32.1. The number of hydrazine groups is 1. The summed E-state index contributed by atoms with van der Waals surface area (Å²) in [4.78, 5) is 0. The number of hydrogen-bond donors (Lipinski definition) is 2. The summed E-state index contributed by atoms with van der Waals surface area (Å²) < 4.78 is 13.2. The third-order valence-electron chi connectivity index (χ3n) is 2.29. The molecular formula is C10H12N4OS. The monoisotopic (exact) mass is 236 g/mol. The smallest absolute Gasteiger partial charge is 0.118 e. The molecule has 1 unspecified atom stereocenters. The summed E-state index contributed by atoms with van der Waals surface area (Å²) in [5, 5.41) is 0. The van der Waals surface area contributed by atoms with Crippen molar-refractivity contribution in [2.24, 2.45) is 5.84 Å². The maximum absolute atomic E-state index is 5.52. The third kappa shape index (κ3) is 2.19. The molecule has 1 atom stereocenters. The highest BCUT2D eigenvalue weighted by Crippen LogP contribution is 2.22. The minimum absolute atomic E-state index is 0.135. The third-order valence-corrected chi connectivity index (χ3v) is 2.78. The van der Waals surface area contributed by atoms with Gasteiger partial charge in [0.25, 0.3) is 0 Å². The van der Waals surface area contributed by atoms with Crippen molar-refractivity contribution in [3.8, 4) is 5.75 Å². The van der Waals surface area contributed by atoms with Gasteiger partial charge in [-0.3, -0.25) is 5.84 Å². The topological polar surface area (TPSA) is 73.1 Å². The van der Waals surface area contributed by atoms with Crippen molar-refractivity contribution in [1.82, 2.24) is 14.2 Å². The van der Waals surface area contributed by atoms with E-state index in [4.69, 9.17) is 10.6 Å². The van der Waals surface area contributed by atoms with Gasteiger partial charge in [0.05, 0.1) is 36.8 Å². The summed E-state index contributed by atoms with van der Waals surface area (Å²) in [6, 6.07) is 7.54. The van der Waals surface area contributed by atoms with E-state index in [1.54, 1.807) is 13.3 Å². The SMILES string of the molecule is COc1ccc(C(NN)c2cnsn2)cc1. The largest absolute Gasteiger partial charge is 0.497 e. The molecule has 0 aliphatic rings. The van der Waals surface area contributed by atoms with E-state index in [1.807, 2.05) is 24.3 Å². The molecule has 0 saturated heterocycles. The molecule has 2 rings (SSSR count). The molecule has 0 fully saturated rings. The number of benzene rings is 1. The quantitative estimate of drug-likeness (QED) is 0.614. The van der Waals surface area contributed by atoms with Crippen LogP contribution >= 0.6 is 11.7 Å². The van der Waals surface area contributed by atoms with E-state index in [-0.39, 0.29) is 6.04 Å². The summed E-state index contributed by atoms with van der Waals surface area (Å²) in [6.45, 7) is 0. The van der Waals surface area contributed by atoms with Gasteiger partial charge >= 0.3 is 0 Å². The van der Waals surface area contributed by atoms with Crippen molar-refractivity contribution in [3.63, 3.8) is 0 Å². The van der Waals surface area contributed by atoms with Crippen molar-refractivity contribution in [3.05, 3.63) is 41.7 Å². The van der Waals surface area contributed by atoms with Gasteiger partial charge in [-0.2, -0.15) is 8.75 Å². The van der Waals surface area contributed by atoms with E-state index in [1.165, 1.54) is 11.7 Å². The van der Waals surface area contributed by atoms with Crippen LogP contribution in [0.1, 0.15) is 17.3 Å². The molecule has 0 aliphatic carbocycles. The molecule has 0 spiro atoms. The van der Waals surface area contributed by atoms with E-state index in [2.05, 4.69) is 14.2 Å². The van der Waals surface area contributed by atoms with Crippen LogP contribution in [-0.2, 0) is 0 Å². The standard InChI is InChI=1S/C10H12N4OS/c1-15-8-4-2-7(3-5-8)10(13-11)9-6-12-16-14-9/h2-6,10,13H,11H2,1H3. The number of ether oxygens (including phenoxy) is 1. The molecule has 1 heterocycles. The molecule has 2 aromatic rings. The highest BCUT2D eigenvalue weighted by molar-refractivity contribution is 6.99. The second-order valence-corrected chi connectivity index (χ2v) is 3.76. The van der Waals surface area contributed by atoms with Crippen LogP contribution in [0.15, 0.2) is 30.5 Å². The van der Waals surface area contributed by atoms with Gasteiger partial charge in [0.15, 0.2) is 0 Å². The van der Waals surface area contributed by atoms with Crippen molar-refractivity contribution in [2.45, 2.75) is 6.04 Å². The molecule has 0 saturated carbocycles. The van der Waals surface area contributed by atoms with Crippen LogP contribution in [0.4, 0.5) is 0 Å². The predicted octanol–water partition coefficient (Wildman–Crippen LogP) is 1.10. The maximum Gasteiger partial charge on any atom is 0.118 e. The molecule has 0 bridgehead atoms. The molecular weight excluding hydrogens is 224 g/mol. The Kier molecular flexibility index (Phi) is 3.45. The van der Waals surface area contributed by atoms with Crippen molar-refractivity contribution in [1.29, 1.82) is 0 Å². The van der Waals surface area contributed by atoms with Crippen molar-refractivity contribution in [2.75, 3.05) is 7.11 Å². The van der Waals surface area contributed by atoms with Crippen molar-refractivity contribution < 1.29 is 4.74 Å². The number of nitrogens with one attached hydrogen (secondary N) is 1. The molecule has 0 amide bonds. The first-order valence-corrected chi connectivity index (χ1v) is 5.45. The fraction of sp³-hybridized carbons (Fsp3) is 0.200. The normalized spacial score (nSPS) is 12.4. The first-order valence-electron chi connectivity index (χ1n) is 4.72. The van der Waals surface area contributed by atoms with Crippen LogP contribution < -0.4 is 16.0 Å². The molecule has 84 valence electrons. The highest BCUT2D eigenvalue weighted by Gasteiger charge is 2.14. The van der Waals surface area contributed by atoms with Crippen LogP contribution in [0, 0.1) is 0 Å². The number of rotatable bonds is 4. The number of aromatic nitrogens is 2. The Balaban J connectivity index is 2.27. The number of hydrogen-bond acceptors (Lipinski definition) is 6. The van der Waals surface area contributed by atoms with E-state index in [9.17, 15) is 0 Å². The average Bonchev–Trinajstić information content (AvgIpc) is 2.85. The molecule has 1 aromatic heterocycles. The lowest BCUT2D eigenvalue weighted by atomic mass is 10.1. The Morgan fingerprint density at radius 3 is 2.62 bits per heavy atom. The molecule has 1 aromatic carbocycles. The van der Waals surface area contributed by atoms with E-state index < -0.39 is 0 Å². The maximum atomic E-state index is 5.52. The number of nitrogens with zero attached hydrogens (tertiary/aromatic N) is 2. The van der Waals surface area contributed by atoms with Gasteiger partial charge in [-0.25, -0.2) is 5.43 Å². The first kappa shape index (κ1) is 11.0. The summed E-state index contributed by atoms with van der Waals surface area (Å²) in [5.74, 6) is 6.34. The van der Waals surface area contributed by atoms with Gasteiger partial charge in [-0.15, -0.1) is 0 Å². The lowest BCUT2D eigenvalue weighted by Crippen LogP contribution is -2.29. The fourth-order valence-corrected chi connectivity index (χ4v) is 1.90. The molecule has 5 nitrogen and oxygen atoms in total. The van der Waals surface area contributed by atoms with Gasteiger partial charge < -0.3 is 4.74 Å². The molecule has 0 aliphatic heterocycles. The Hall–Kier alpha value is -1.50. The van der Waals surface area contributed by atoms with Gasteiger partial charge in [-0.1, -0.05) is 12.1 Å². The van der Waals surface area contributed by atoms with Crippen LogP contribution in [-0.4, -0.2) is 15.9 Å². The summed E-state index contributed by atoms with van der Waals surface area (Å²) in [5.41, 5.74) is 4.56. The lowest BCUT2D eigenvalue weighted by molar-refractivity contribution is 0.414. The summed E-state index contributed by atoms with van der Waals surface area (Å²) >= 11 is 1.17. The van der Waals surface area contributed by atoms with Crippen LogP contribution in [0.3, 0.4) is 0 Å². The zero-order chi connectivity index (χ0) is 11.4. The van der Waals surface area contributed by atoms with E-state index in [0.29, 0.717) is 0 Å². The Morgan fingerprint density at radius 2 is 2.12 bits per heavy atom. The number of methoxy groups -OCH3 is 1. The second kappa shape index (κ2) is 5.02. The summed E-state index contributed by atoms with van der Waals surface area (Å²) in [7, 11) is 1.64. The zero-order valence-electron chi connectivity index (χ0n) is 8.75. The predicted molar refractivity (Wildman–Crippen MR) is 62.1 cm³/mol. The van der Waals surface area contributed by atoms with Crippen LogP contribution in [0.25, 0.3) is 0 Å².